The van der Waals surface area contributed by atoms with Crippen LogP contribution in [0.15, 0.2) is 34.2 Å². The van der Waals surface area contributed by atoms with Gasteiger partial charge in [-0.2, -0.15) is 5.10 Å². The second-order valence-electron chi connectivity index (χ2n) is 5.34. The third-order valence-corrected chi connectivity index (χ3v) is 4.50. The van der Waals surface area contributed by atoms with Gasteiger partial charge in [-0.25, -0.2) is 9.48 Å². The van der Waals surface area contributed by atoms with E-state index in [0.29, 0.717) is 37.1 Å². The van der Waals surface area contributed by atoms with Crippen LogP contribution in [-0.4, -0.2) is 37.5 Å². The summed E-state index contributed by atoms with van der Waals surface area (Å²) >= 11 is 1.65. The molecule has 0 saturated heterocycles. The molecule has 0 aromatic carbocycles. The molecule has 0 spiro atoms. The van der Waals surface area contributed by atoms with E-state index in [1.54, 1.807) is 33.2 Å². The van der Waals surface area contributed by atoms with E-state index < -0.39 is 0 Å². The highest BCUT2D eigenvalue weighted by Crippen LogP contribution is 2.15. The molecule has 0 bridgehead atoms. The lowest BCUT2D eigenvalue weighted by Crippen LogP contribution is -2.35. The van der Waals surface area contributed by atoms with Gasteiger partial charge in [-0.1, -0.05) is 13.0 Å². The molecule has 9 heteroatoms. The number of carbonyl (C=O) groups excluding carboxylic acids is 1. The first-order chi connectivity index (χ1) is 12.2. The number of nitrogens with zero attached hydrogens (tertiary/aromatic N) is 5. The summed E-state index contributed by atoms with van der Waals surface area (Å²) in [5, 5.41) is 17.1. The average Bonchev–Trinajstić information content (AvgIpc) is 3.36. The summed E-state index contributed by atoms with van der Waals surface area (Å²) in [5.74, 6) is 1.65. The van der Waals surface area contributed by atoms with Crippen LogP contribution in [0.4, 0.5) is 10.6 Å². The van der Waals surface area contributed by atoms with Crippen LogP contribution in [0, 0.1) is 0 Å². The predicted octanol–water partition coefficient (Wildman–Crippen LogP) is 2.99. The second-order valence-corrected chi connectivity index (χ2v) is 6.37. The van der Waals surface area contributed by atoms with E-state index >= 15 is 0 Å². The molecule has 0 fully saturated rings. The number of hydrogen-bond donors (Lipinski definition) is 1. The first kappa shape index (κ1) is 17.2. The minimum Gasteiger partial charge on any atom is -0.423 e. The van der Waals surface area contributed by atoms with E-state index in [-0.39, 0.29) is 12.6 Å². The van der Waals surface area contributed by atoms with Gasteiger partial charge in [0.15, 0.2) is 0 Å². The predicted molar refractivity (Wildman–Crippen MR) is 94.4 cm³/mol. The molecule has 0 aliphatic heterocycles. The Morgan fingerprint density at radius 1 is 1.32 bits per heavy atom. The fourth-order valence-corrected chi connectivity index (χ4v) is 2.98. The van der Waals surface area contributed by atoms with E-state index in [2.05, 4.69) is 20.6 Å². The van der Waals surface area contributed by atoms with Crippen LogP contribution < -0.4 is 5.32 Å². The summed E-state index contributed by atoms with van der Waals surface area (Å²) in [6.07, 6.45) is 2.35. The summed E-state index contributed by atoms with van der Waals surface area (Å²) in [6, 6.07) is 5.58. The maximum absolute atomic E-state index is 12.6. The molecule has 3 aromatic rings. The largest absolute Gasteiger partial charge is 0.423 e. The van der Waals surface area contributed by atoms with Gasteiger partial charge < -0.3 is 9.32 Å². The van der Waals surface area contributed by atoms with Crippen LogP contribution in [0.2, 0.25) is 0 Å². The second kappa shape index (κ2) is 7.93. The number of urea groups is 1. The highest BCUT2D eigenvalue weighted by atomic mass is 32.1. The highest BCUT2D eigenvalue weighted by molar-refractivity contribution is 7.09. The number of nitrogens with one attached hydrogen (secondary N) is 1. The molecule has 0 aliphatic carbocycles. The fourth-order valence-electron chi connectivity index (χ4n) is 2.29. The molecule has 2 amide bonds. The monoisotopic (exact) mass is 360 g/mol. The first-order valence-electron chi connectivity index (χ1n) is 8.11. The molecular formula is C16H20N6O2S. The van der Waals surface area contributed by atoms with Crippen molar-refractivity contribution in [2.24, 2.45) is 0 Å². The van der Waals surface area contributed by atoms with Crippen molar-refractivity contribution < 1.29 is 9.21 Å². The summed E-state index contributed by atoms with van der Waals surface area (Å²) in [7, 11) is 0. The lowest BCUT2D eigenvalue weighted by molar-refractivity contribution is 0.205. The van der Waals surface area contributed by atoms with Crippen LogP contribution in [0.5, 0.6) is 0 Å². The fraction of sp³-hybridized carbons (Fsp3) is 0.375. The summed E-state index contributed by atoms with van der Waals surface area (Å²) < 4.78 is 7.25. The van der Waals surface area contributed by atoms with E-state index in [1.165, 1.54) is 4.88 Å². The average molecular weight is 360 g/mol. The van der Waals surface area contributed by atoms with E-state index in [1.807, 2.05) is 31.4 Å². The van der Waals surface area contributed by atoms with Gasteiger partial charge in [0, 0.05) is 23.9 Å². The molecule has 3 heterocycles. The smallest absolute Gasteiger partial charge is 0.323 e. The molecule has 3 rings (SSSR count). The van der Waals surface area contributed by atoms with Crippen molar-refractivity contribution in [1.29, 1.82) is 0 Å². The zero-order valence-corrected chi connectivity index (χ0v) is 15.0. The Bertz CT molecular complexity index is 810. The van der Waals surface area contributed by atoms with Crippen LogP contribution in [-0.2, 0) is 19.5 Å². The highest BCUT2D eigenvalue weighted by Gasteiger charge is 2.17. The number of rotatable bonds is 7. The normalized spacial score (nSPS) is 10.8. The molecule has 0 unspecified atom stereocenters. The lowest BCUT2D eigenvalue weighted by Gasteiger charge is -2.19. The summed E-state index contributed by atoms with van der Waals surface area (Å²) in [6.45, 7) is 5.26. The number of aryl methyl sites for hydroxylation is 1. The van der Waals surface area contributed by atoms with Crippen molar-refractivity contribution in [3.8, 4) is 0 Å². The van der Waals surface area contributed by atoms with Gasteiger partial charge in [0.25, 0.3) is 0 Å². The van der Waals surface area contributed by atoms with Crippen molar-refractivity contribution in [3.63, 3.8) is 0 Å². The molecule has 0 aliphatic rings. The topological polar surface area (TPSA) is 89.1 Å². The van der Waals surface area contributed by atoms with Crippen LogP contribution in [0.3, 0.4) is 0 Å². The third-order valence-electron chi connectivity index (χ3n) is 3.64. The van der Waals surface area contributed by atoms with Crippen LogP contribution in [0.25, 0.3) is 0 Å². The molecule has 0 radical (unpaired) electrons. The summed E-state index contributed by atoms with van der Waals surface area (Å²) in [4.78, 5) is 15.3. The van der Waals surface area contributed by atoms with Gasteiger partial charge in [0.2, 0.25) is 11.8 Å². The molecular weight excluding hydrogens is 340 g/mol. The Balaban J connectivity index is 1.65. The van der Waals surface area contributed by atoms with Gasteiger partial charge in [-0.05, 0) is 18.4 Å². The Morgan fingerprint density at radius 2 is 2.16 bits per heavy atom. The number of hydrogen-bond acceptors (Lipinski definition) is 6. The molecule has 132 valence electrons. The molecule has 3 aromatic heterocycles. The van der Waals surface area contributed by atoms with Crippen molar-refractivity contribution in [2.75, 3.05) is 11.9 Å². The van der Waals surface area contributed by atoms with Gasteiger partial charge >= 0.3 is 6.03 Å². The number of thiophene rings is 1. The van der Waals surface area contributed by atoms with Crippen LogP contribution in [0.1, 0.15) is 30.5 Å². The summed E-state index contributed by atoms with van der Waals surface area (Å²) in [5.41, 5.74) is 0. The molecule has 1 N–H and O–H groups in total. The number of carbonyl (C=O) groups is 1. The van der Waals surface area contributed by atoms with E-state index in [0.717, 1.165) is 0 Å². The maximum Gasteiger partial charge on any atom is 0.323 e. The Labute approximate surface area is 149 Å². The minimum atomic E-state index is -0.230. The van der Waals surface area contributed by atoms with Crippen molar-refractivity contribution in [2.45, 2.75) is 33.4 Å². The van der Waals surface area contributed by atoms with Gasteiger partial charge in [-0.3, -0.25) is 5.32 Å². The van der Waals surface area contributed by atoms with Crippen molar-refractivity contribution in [1.82, 2.24) is 24.9 Å². The van der Waals surface area contributed by atoms with Gasteiger partial charge in [0.1, 0.15) is 12.4 Å². The lowest BCUT2D eigenvalue weighted by atomic mass is 10.4. The molecule has 25 heavy (non-hydrogen) atoms. The van der Waals surface area contributed by atoms with Gasteiger partial charge in [-0.15, -0.1) is 21.5 Å². The van der Waals surface area contributed by atoms with E-state index in [9.17, 15) is 4.79 Å². The number of anilines is 1. The van der Waals surface area contributed by atoms with Crippen LogP contribution >= 0.6 is 11.3 Å². The number of aromatic nitrogens is 4. The maximum atomic E-state index is 12.6. The Kier molecular flexibility index (Phi) is 5.44. The number of amides is 2. The van der Waals surface area contributed by atoms with Gasteiger partial charge in [0.05, 0.1) is 12.7 Å². The Hall–Kier alpha value is -2.68. The molecule has 0 atom stereocenters. The SMILES string of the molecule is CCc1nnc(CN(CC)C(=O)Nc2ccnn2Cc2cccs2)o1. The minimum absolute atomic E-state index is 0.230. The third kappa shape index (κ3) is 4.24. The van der Waals surface area contributed by atoms with Crippen molar-refractivity contribution >= 4 is 23.2 Å². The quantitative estimate of drug-likeness (QED) is 0.700. The molecule has 0 saturated carbocycles. The van der Waals surface area contributed by atoms with E-state index in [4.69, 9.17) is 4.42 Å². The zero-order chi connectivity index (χ0) is 17.6. The standard InChI is InChI=1S/C16H20N6O2S/c1-3-14-19-20-15(24-14)11-21(4-2)16(23)18-13-7-8-17-22(13)10-12-6-5-9-25-12/h5-9H,3-4,10-11H2,1-2H3,(H,18,23). The zero-order valence-electron chi connectivity index (χ0n) is 14.2. The Morgan fingerprint density at radius 3 is 2.84 bits per heavy atom. The molecule has 8 nitrogen and oxygen atoms in total. The van der Waals surface area contributed by atoms with Crippen molar-refractivity contribution in [3.05, 3.63) is 46.4 Å². The first-order valence-corrected chi connectivity index (χ1v) is 8.99.